The number of benzene rings is 1. The van der Waals surface area contributed by atoms with E-state index < -0.39 is 0 Å². The van der Waals surface area contributed by atoms with Gasteiger partial charge in [0.05, 0.1) is 10.9 Å². The van der Waals surface area contributed by atoms with Gasteiger partial charge in [-0.25, -0.2) is 0 Å². The zero-order valence-electron chi connectivity index (χ0n) is 15.2. The van der Waals surface area contributed by atoms with Crippen LogP contribution in [0.2, 0.25) is 0 Å². The third-order valence-corrected chi connectivity index (χ3v) is 4.89. The highest BCUT2D eigenvalue weighted by molar-refractivity contribution is 5.83. The largest absolute Gasteiger partial charge is 0.508 e. The van der Waals surface area contributed by atoms with Crippen LogP contribution in [0.3, 0.4) is 0 Å². The molecule has 1 aliphatic rings. The van der Waals surface area contributed by atoms with E-state index in [1.807, 2.05) is 12.2 Å². The lowest BCUT2D eigenvalue weighted by molar-refractivity contribution is 0.280. The van der Waals surface area contributed by atoms with Crippen molar-refractivity contribution in [1.29, 1.82) is 0 Å². The van der Waals surface area contributed by atoms with Gasteiger partial charge in [-0.05, 0) is 32.6 Å². The first kappa shape index (κ1) is 18.2. The van der Waals surface area contributed by atoms with E-state index >= 15 is 0 Å². The topological polar surface area (TPSA) is 82.9 Å². The van der Waals surface area contributed by atoms with E-state index in [1.165, 1.54) is 31.0 Å². The molecule has 3 N–H and O–H groups in total. The minimum atomic E-state index is -0.165. The van der Waals surface area contributed by atoms with Crippen LogP contribution < -0.4 is 11.2 Å². The first-order valence-electron chi connectivity index (χ1n) is 8.71. The van der Waals surface area contributed by atoms with Gasteiger partial charge in [0.1, 0.15) is 17.6 Å². The molecule has 1 aromatic heterocycles. The van der Waals surface area contributed by atoms with Crippen LogP contribution in [-0.2, 0) is 0 Å². The predicted octanol–water partition coefficient (Wildman–Crippen LogP) is 1.99. The fourth-order valence-corrected chi connectivity index (χ4v) is 3.28. The summed E-state index contributed by atoms with van der Waals surface area (Å²) in [5.41, 5.74) is 6.97. The van der Waals surface area contributed by atoms with Gasteiger partial charge in [-0.3, -0.25) is 9.69 Å². The molecule has 0 amide bonds. The second-order valence-corrected chi connectivity index (χ2v) is 6.85. The molecular weight excluding hydrogens is 330 g/mol. The summed E-state index contributed by atoms with van der Waals surface area (Å²) in [6.07, 6.45) is 7.87. The number of fused-ring (bicyclic) bond motifs is 1. The van der Waals surface area contributed by atoms with Gasteiger partial charge >= 0.3 is 0 Å². The van der Waals surface area contributed by atoms with E-state index in [0.29, 0.717) is 28.1 Å². The van der Waals surface area contributed by atoms with Gasteiger partial charge in [-0.2, -0.15) is 0 Å². The van der Waals surface area contributed by atoms with Gasteiger partial charge in [0.15, 0.2) is 0 Å². The normalized spacial score (nSPS) is 19.2. The Morgan fingerprint density at radius 3 is 2.96 bits per heavy atom. The Balaban J connectivity index is 1.75. The Labute approximate surface area is 152 Å². The van der Waals surface area contributed by atoms with Crippen molar-refractivity contribution in [2.45, 2.75) is 12.5 Å². The van der Waals surface area contributed by atoms with Crippen molar-refractivity contribution in [3.05, 3.63) is 58.6 Å². The molecule has 1 aromatic carbocycles. The van der Waals surface area contributed by atoms with E-state index in [2.05, 4.69) is 23.9 Å². The smallest absolute Gasteiger partial charge is 0.200 e. The van der Waals surface area contributed by atoms with Gasteiger partial charge < -0.3 is 20.2 Å². The highest BCUT2D eigenvalue weighted by Crippen LogP contribution is 2.21. The number of nitrogens with zero attached hydrogens (tertiary/aromatic N) is 2. The fourth-order valence-electron chi connectivity index (χ4n) is 3.28. The summed E-state index contributed by atoms with van der Waals surface area (Å²) in [5, 5.41) is 9.92. The average Bonchev–Trinajstić information content (AvgIpc) is 3.09. The van der Waals surface area contributed by atoms with Gasteiger partial charge in [0.25, 0.3) is 0 Å². The van der Waals surface area contributed by atoms with E-state index in [0.717, 1.165) is 19.6 Å². The first-order valence-corrected chi connectivity index (χ1v) is 8.71. The molecule has 1 atom stereocenters. The summed E-state index contributed by atoms with van der Waals surface area (Å²) in [6, 6.07) is 5.05. The van der Waals surface area contributed by atoms with E-state index in [9.17, 15) is 9.90 Å². The summed E-state index contributed by atoms with van der Waals surface area (Å²) in [5.74, 6) is 0.0597. The number of allylic oxidation sites excluding steroid dienone is 2. The van der Waals surface area contributed by atoms with Crippen LogP contribution in [0, 0.1) is 0 Å². The number of aromatic hydroxyl groups is 1. The molecule has 0 bridgehead atoms. The zero-order chi connectivity index (χ0) is 18.7. The lowest BCUT2D eigenvalue weighted by Gasteiger charge is -2.19. The molecule has 138 valence electrons. The second-order valence-electron chi connectivity index (χ2n) is 6.85. The van der Waals surface area contributed by atoms with E-state index in [1.54, 1.807) is 6.07 Å². The molecule has 0 aliphatic carbocycles. The minimum Gasteiger partial charge on any atom is -0.508 e. The standard InChI is InChI=1S/C20H25N3O3/c1-22(2)15-7-9-23(12-15)8-3-4-14(11-21)18-13-26-19-10-16(24)5-6-17(19)20(18)25/h3-6,10-11,13,15,24H,7-9,12,21H2,1-2H3/b4-3-,14-11+. The van der Waals surface area contributed by atoms with Crippen LogP contribution in [-0.4, -0.2) is 54.7 Å². The molecule has 3 rings (SSSR count). The molecule has 2 aromatic rings. The summed E-state index contributed by atoms with van der Waals surface area (Å²) in [6.45, 7) is 2.92. The van der Waals surface area contributed by atoms with Gasteiger partial charge in [-0.15, -0.1) is 0 Å². The highest BCUT2D eigenvalue weighted by atomic mass is 16.3. The third-order valence-electron chi connectivity index (χ3n) is 4.89. The summed E-state index contributed by atoms with van der Waals surface area (Å²) >= 11 is 0. The molecular formula is C20H25N3O3. The molecule has 6 heteroatoms. The number of likely N-dealkylation sites (tertiary alicyclic amines) is 1. The maximum Gasteiger partial charge on any atom is 0.200 e. The molecule has 0 spiro atoms. The lowest BCUT2D eigenvalue weighted by atomic mass is 10.1. The lowest BCUT2D eigenvalue weighted by Crippen LogP contribution is -2.31. The molecule has 1 fully saturated rings. The Morgan fingerprint density at radius 2 is 2.27 bits per heavy atom. The number of nitrogens with two attached hydrogens (primary N) is 1. The molecule has 1 aliphatic heterocycles. The SMILES string of the molecule is CN(C)C1CCN(C/C=C\C(=C/N)c2coc3cc(O)ccc3c2=O)C1. The number of phenols is 1. The van der Waals surface area contributed by atoms with Crippen molar-refractivity contribution in [2.24, 2.45) is 5.73 Å². The Kier molecular flexibility index (Phi) is 5.44. The van der Waals surface area contributed by atoms with Crippen LogP contribution in [0.5, 0.6) is 5.75 Å². The van der Waals surface area contributed by atoms with Crippen LogP contribution in [0.4, 0.5) is 0 Å². The molecule has 0 radical (unpaired) electrons. The van der Waals surface area contributed by atoms with Crippen molar-refractivity contribution in [2.75, 3.05) is 33.7 Å². The van der Waals surface area contributed by atoms with E-state index in [-0.39, 0.29) is 11.2 Å². The molecule has 26 heavy (non-hydrogen) atoms. The molecule has 1 unspecified atom stereocenters. The van der Waals surface area contributed by atoms with Crippen LogP contribution in [0.25, 0.3) is 16.5 Å². The Hall–Kier alpha value is -2.57. The maximum atomic E-state index is 12.7. The Morgan fingerprint density at radius 1 is 1.46 bits per heavy atom. The number of phenolic OH excluding ortho intramolecular Hbond substituents is 1. The number of hydrogen-bond acceptors (Lipinski definition) is 6. The number of rotatable bonds is 5. The first-order chi connectivity index (χ1) is 12.5. The van der Waals surface area contributed by atoms with Crippen molar-refractivity contribution < 1.29 is 9.52 Å². The second kappa shape index (κ2) is 7.76. The molecule has 6 nitrogen and oxygen atoms in total. The third kappa shape index (κ3) is 3.81. The van der Waals surface area contributed by atoms with Gasteiger partial charge in [0, 0.05) is 43.5 Å². The van der Waals surface area contributed by atoms with Gasteiger partial charge in [-0.1, -0.05) is 12.2 Å². The predicted molar refractivity (Wildman–Crippen MR) is 104 cm³/mol. The van der Waals surface area contributed by atoms with Crippen LogP contribution in [0.1, 0.15) is 12.0 Å². The fraction of sp³-hybridized carbons (Fsp3) is 0.350. The zero-order valence-corrected chi connectivity index (χ0v) is 15.2. The van der Waals surface area contributed by atoms with Gasteiger partial charge in [0.2, 0.25) is 5.43 Å². The Bertz CT molecular complexity index is 899. The van der Waals surface area contributed by atoms with Crippen LogP contribution in [0.15, 0.2) is 52.0 Å². The van der Waals surface area contributed by atoms with Crippen molar-refractivity contribution in [1.82, 2.24) is 9.80 Å². The summed E-state index contributed by atoms with van der Waals surface area (Å²) in [4.78, 5) is 17.3. The van der Waals surface area contributed by atoms with Crippen molar-refractivity contribution in [3.63, 3.8) is 0 Å². The van der Waals surface area contributed by atoms with E-state index in [4.69, 9.17) is 10.2 Å². The average molecular weight is 355 g/mol. The van der Waals surface area contributed by atoms with Crippen molar-refractivity contribution in [3.8, 4) is 5.75 Å². The van der Waals surface area contributed by atoms with Crippen molar-refractivity contribution >= 4 is 16.5 Å². The summed E-state index contributed by atoms with van der Waals surface area (Å²) in [7, 11) is 4.22. The molecule has 1 saturated heterocycles. The monoisotopic (exact) mass is 355 g/mol. The number of likely N-dealkylation sites (N-methyl/N-ethyl adjacent to an activating group) is 1. The molecule has 2 heterocycles. The molecule has 0 saturated carbocycles. The quantitative estimate of drug-likeness (QED) is 0.798. The highest BCUT2D eigenvalue weighted by Gasteiger charge is 2.22. The number of hydrogen-bond donors (Lipinski definition) is 2. The van der Waals surface area contributed by atoms with Crippen LogP contribution >= 0.6 is 0 Å². The minimum absolute atomic E-state index is 0.0597. The summed E-state index contributed by atoms with van der Waals surface area (Å²) < 4.78 is 5.50. The maximum absolute atomic E-state index is 12.7.